The van der Waals surface area contributed by atoms with Crippen molar-refractivity contribution in [1.29, 1.82) is 0 Å². The molecule has 29 heavy (non-hydrogen) atoms. The normalized spacial score (nSPS) is 29.4. The Labute approximate surface area is 177 Å². The minimum Gasteiger partial charge on any atom is -0.497 e. The van der Waals surface area contributed by atoms with Gasteiger partial charge in [0.15, 0.2) is 5.11 Å². The van der Waals surface area contributed by atoms with Crippen LogP contribution in [0.5, 0.6) is 11.5 Å². The molecule has 2 aliphatic rings. The Bertz CT molecular complexity index is 873. The second-order valence-electron chi connectivity index (χ2n) is 7.84. The van der Waals surface area contributed by atoms with Crippen LogP contribution in [0.15, 0.2) is 48.5 Å². The number of nitrogens with one attached hydrogen (secondary N) is 3. The number of nitrogens with zero attached hydrogens (tertiary/aromatic N) is 1. The summed E-state index contributed by atoms with van der Waals surface area (Å²) in [5.74, 6) is 1.98. The van der Waals surface area contributed by atoms with E-state index in [9.17, 15) is 0 Å². The summed E-state index contributed by atoms with van der Waals surface area (Å²) in [6, 6.07) is 17.1. The predicted molar refractivity (Wildman–Crippen MR) is 118 cm³/mol. The molecule has 4 unspecified atom stereocenters. The maximum atomic E-state index is 5.40. The van der Waals surface area contributed by atoms with Crippen LogP contribution in [0.4, 0.5) is 0 Å². The molecule has 0 amide bonds. The highest BCUT2D eigenvalue weighted by Gasteiger charge is 2.52. The van der Waals surface area contributed by atoms with Crippen LogP contribution in [0, 0.1) is 5.92 Å². The van der Waals surface area contributed by atoms with Crippen LogP contribution in [0.1, 0.15) is 36.6 Å². The van der Waals surface area contributed by atoms with E-state index in [1.165, 1.54) is 11.1 Å². The highest BCUT2D eigenvalue weighted by Crippen LogP contribution is 2.48. The molecule has 0 saturated carbocycles. The van der Waals surface area contributed by atoms with Crippen LogP contribution >= 0.6 is 12.2 Å². The largest absolute Gasteiger partial charge is 0.497 e. The van der Waals surface area contributed by atoms with Crippen molar-refractivity contribution in [1.82, 2.24) is 21.1 Å². The Morgan fingerprint density at radius 2 is 1.52 bits per heavy atom. The van der Waals surface area contributed by atoms with E-state index in [-0.39, 0.29) is 23.7 Å². The van der Waals surface area contributed by atoms with Gasteiger partial charge in [0, 0.05) is 24.4 Å². The van der Waals surface area contributed by atoms with Crippen molar-refractivity contribution in [2.75, 3.05) is 21.3 Å². The summed E-state index contributed by atoms with van der Waals surface area (Å²) in [6.07, 6.45) is 0.872. The summed E-state index contributed by atoms with van der Waals surface area (Å²) < 4.78 is 10.7. The molecule has 2 heterocycles. The lowest BCUT2D eigenvalue weighted by Crippen LogP contribution is -2.63. The van der Waals surface area contributed by atoms with Gasteiger partial charge in [0.2, 0.25) is 0 Å². The van der Waals surface area contributed by atoms with E-state index in [0.717, 1.165) is 17.9 Å². The number of ether oxygens (including phenoxy) is 2. The Balaban J connectivity index is 1.74. The lowest BCUT2D eigenvalue weighted by Gasteiger charge is -2.52. The van der Waals surface area contributed by atoms with E-state index in [0.29, 0.717) is 5.11 Å². The average Bonchev–Trinajstić information content (AvgIpc) is 3.13. The predicted octanol–water partition coefficient (Wildman–Crippen LogP) is 3.14. The van der Waals surface area contributed by atoms with E-state index in [1.807, 2.05) is 24.3 Å². The van der Waals surface area contributed by atoms with Crippen LogP contribution in [0.2, 0.25) is 0 Å². The Kier molecular flexibility index (Phi) is 5.38. The molecule has 2 saturated heterocycles. The number of hydrazine groups is 1. The fraction of sp³-hybridized carbons (Fsp3) is 0.409. The first-order chi connectivity index (χ1) is 14.0. The lowest BCUT2D eigenvalue weighted by atomic mass is 9.74. The molecule has 0 radical (unpaired) electrons. The van der Waals surface area contributed by atoms with Crippen molar-refractivity contribution in [2.45, 2.75) is 31.1 Å². The Hall–Kier alpha value is -2.35. The van der Waals surface area contributed by atoms with Crippen molar-refractivity contribution in [3.8, 4) is 11.5 Å². The first-order valence-electron chi connectivity index (χ1n) is 9.82. The van der Waals surface area contributed by atoms with Crippen LogP contribution in [-0.4, -0.2) is 36.9 Å². The third kappa shape index (κ3) is 3.54. The number of benzene rings is 2. The molecular weight excluding hydrogens is 384 g/mol. The van der Waals surface area contributed by atoms with E-state index in [4.69, 9.17) is 21.7 Å². The van der Waals surface area contributed by atoms with Crippen LogP contribution < -0.4 is 25.6 Å². The molecule has 4 atom stereocenters. The first kappa shape index (κ1) is 19.9. The molecule has 7 heteroatoms. The minimum atomic E-state index is -0.335. The summed E-state index contributed by atoms with van der Waals surface area (Å²) in [4.78, 5) is 2.46. The van der Waals surface area contributed by atoms with Crippen LogP contribution in [-0.2, 0) is 0 Å². The number of methoxy groups -OCH3 is 2. The Morgan fingerprint density at radius 3 is 2.00 bits per heavy atom. The van der Waals surface area contributed by atoms with Gasteiger partial charge in [-0.3, -0.25) is 10.3 Å². The monoisotopic (exact) mass is 412 g/mol. The number of likely N-dealkylation sites (tertiary alicyclic amines) is 1. The fourth-order valence-corrected chi connectivity index (χ4v) is 4.95. The zero-order valence-electron chi connectivity index (χ0n) is 17.2. The highest BCUT2D eigenvalue weighted by molar-refractivity contribution is 7.80. The maximum Gasteiger partial charge on any atom is 0.182 e. The second kappa shape index (κ2) is 7.82. The average molecular weight is 413 g/mol. The molecule has 0 aliphatic carbocycles. The third-order valence-corrected chi connectivity index (χ3v) is 6.59. The van der Waals surface area contributed by atoms with Gasteiger partial charge in [-0.15, -0.1) is 0 Å². The van der Waals surface area contributed by atoms with Crippen molar-refractivity contribution in [3.63, 3.8) is 0 Å². The molecule has 4 rings (SSSR count). The summed E-state index contributed by atoms with van der Waals surface area (Å²) in [5.41, 5.74) is 8.74. The topological polar surface area (TPSA) is 57.8 Å². The van der Waals surface area contributed by atoms with Gasteiger partial charge in [0.05, 0.1) is 14.2 Å². The standard InChI is InChI=1S/C22H28N4O2S/c1-14-20(16-7-11-18(28-4)12-8-16)26(2)19(13-22(14)23-21(29)24-25-22)15-5-9-17(27-3)10-6-15/h5-12,14,19-20,25H,13H2,1-4H3,(H2,23,24,29). The SMILES string of the molecule is COc1ccc(C2CC3(NNC(=S)N3)C(C)C(c3ccc(OC)cc3)N2C)cc1. The van der Waals surface area contributed by atoms with Crippen LogP contribution in [0.25, 0.3) is 0 Å². The summed E-state index contributed by atoms with van der Waals surface area (Å²) in [6.45, 7) is 2.27. The molecular formula is C22H28N4O2S. The molecule has 0 aromatic heterocycles. The molecule has 6 nitrogen and oxygen atoms in total. The Morgan fingerprint density at radius 1 is 0.966 bits per heavy atom. The number of rotatable bonds is 4. The van der Waals surface area contributed by atoms with Gasteiger partial charge >= 0.3 is 0 Å². The summed E-state index contributed by atoms with van der Waals surface area (Å²) in [7, 11) is 5.59. The first-order valence-corrected chi connectivity index (χ1v) is 10.2. The molecule has 2 aliphatic heterocycles. The molecule has 2 aromatic rings. The van der Waals surface area contributed by atoms with Gasteiger partial charge in [0.25, 0.3) is 0 Å². The third-order valence-electron chi connectivity index (χ3n) is 6.39. The van der Waals surface area contributed by atoms with E-state index in [2.05, 4.69) is 59.3 Å². The van der Waals surface area contributed by atoms with Gasteiger partial charge in [-0.2, -0.15) is 0 Å². The van der Waals surface area contributed by atoms with E-state index in [1.54, 1.807) is 14.2 Å². The minimum absolute atomic E-state index is 0.185. The smallest absolute Gasteiger partial charge is 0.182 e. The number of hydrogen-bond acceptors (Lipinski definition) is 5. The van der Waals surface area contributed by atoms with Gasteiger partial charge in [-0.25, -0.2) is 5.43 Å². The van der Waals surface area contributed by atoms with E-state index >= 15 is 0 Å². The molecule has 2 aromatic carbocycles. The summed E-state index contributed by atoms with van der Waals surface area (Å²) >= 11 is 5.40. The molecule has 154 valence electrons. The zero-order valence-corrected chi connectivity index (χ0v) is 18.0. The fourth-order valence-electron chi connectivity index (χ4n) is 4.72. The zero-order chi connectivity index (χ0) is 20.6. The van der Waals surface area contributed by atoms with Crippen molar-refractivity contribution in [2.24, 2.45) is 5.92 Å². The van der Waals surface area contributed by atoms with E-state index < -0.39 is 0 Å². The van der Waals surface area contributed by atoms with Crippen LogP contribution in [0.3, 0.4) is 0 Å². The second-order valence-corrected chi connectivity index (χ2v) is 8.25. The van der Waals surface area contributed by atoms with Gasteiger partial charge in [-0.05, 0) is 54.7 Å². The molecule has 1 spiro atoms. The van der Waals surface area contributed by atoms with Crippen molar-refractivity contribution in [3.05, 3.63) is 59.7 Å². The number of piperidine rings is 1. The number of thiocarbonyl (C=S) groups is 1. The van der Waals surface area contributed by atoms with Gasteiger partial charge in [-0.1, -0.05) is 31.2 Å². The highest BCUT2D eigenvalue weighted by atomic mass is 32.1. The van der Waals surface area contributed by atoms with Gasteiger partial charge in [0.1, 0.15) is 17.2 Å². The van der Waals surface area contributed by atoms with Gasteiger partial charge < -0.3 is 14.8 Å². The van der Waals surface area contributed by atoms with Crippen molar-refractivity contribution < 1.29 is 9.47 Å². The molecule has 2 fully saturated rings. The molecule has 3 N–H and O–H groups in total. The number of hydrogen-bond donors (Lipinski definition) is 3. The molecule has 0 bridgehead atoms. The van der Waals surface area contributed by atoms with Crippen molar-refractivity contribution >= 4 is 17.3 Å². The quantitative estimate of drug-likeness (QED) is 0.667. The summed E-state index contributed by atoms with van der Waals surface area (Å²) in [5, 5.41) is 4.16. The maximum absolute atomic E-state index is 5.40. The lowest BCUT2D eigenvalue weighted by molar-refractivity contribution is -0.0115.